The highest BCUT2D eigenvalue weighted by Crippen LogP contribution is 2.40. The molecular weight excluding hydrogens is 261 g/mol. The Morgan fingerprint density at radius 2 is 1.70 bits per heavy atom. The fraction of sp³-hybridized carbons (Fsp3) is 0.385. The smallest absolute Gasteiger partial charge is 0.496 e. The molecule has 2 aliphatic rings. The summed E-state index contributed by atoms with van der Waals surface area (Å²) in [4.78, 5) is 24.8. The number of rotatable bonds is 2. The van der Waals surface area contributed by atoms with Crippen molar-refractivity contribution in [3.8, 4) is 0 Å². The van der Waals surface area contributed by atoms with E-state index in [9.17, 15) is 9.59 Å². The van der Waals surface area contributed by atoms with Crippen molar-refractivity contribution in [3.63, 3.8) is 0 Å². The van der Waals surface area contributed by atoms with Crippen molar-refractivity contribution in [1.29, 1.82) is 0 Å². The predicted molar refractivity (Wildman–Crippen MR) is 69.5 cm³/mol. The molecule has 0 aromatic heterocycles. The first-order valence-corrected chi connectivity index (χ1v) is 6.41. The number of hydrogen-bond donors (Lipinski definition) is 0. The number of epoxide rings is 1. The van der Waals surface area contributed by atoms with E-state index < -0.39 is 25.1 Å². The molecule has 7 heteroatoms. The van der Waals surface area contributed by atoms with Gasteiger partial charge in [0.1, 0.15) is 6.10 Å². The number of carbonyl (C=O) groups excluding carboxylic acids is 2. The fourth-order valence-electron chi connectivity index (χ4n) is 2.23. The van der Waals surface area contributed by atoms with Crippen LogP contribution < -0.4 is 0 Å². The van der Waals surface area contributed by atoms with Gasteiger partial charge in [-0.2, -0.15) is 0 Å². The quantitative estimate of drug-likeness (QED) is 0.566. The Labute approximate surface area is 116 Å². The summed E-state index contributed by atoms with van der Waals surface area (Å²) in [5.74, 6) is -0.848. The number of likely N-dealkylation sites (N-methyl/N-ethyl adjacent to an activating group) is 1. The van der Waals surface area contributed by atoms with Crippen LogP contribution in [0.15, 0.2) is 30.3 Å². The molecule has 3 rings (SSSR count). The molecule has 2 aliphatic heterocycles. The maximum atomic E-state index is 11.6. The average Bonchev–Trinajstić information content (AvgIpc) is 3.17. The monoisotopic (exact) mass is 275 g/mol. The van der Waals surface area contributed by atoms with Gasteiger partial charge in [-0.1, -0.05) is 30.3 Å². The fourth-order valence-corrected chi connectivity index (χ4v) is 2.23. The number of nitrogens with zero attached hydrogens (tertiary/aromatic N) is 1. The molecule has 2 fully saturated rings. The Balaban J connectivity index is 1.68. The van der Waals surface area contributed by atoms with Crippen LogP contribution in [0, 0.1) is 0 Å². The molecule has 0 radical (unpaired) electrons. The standard InChI is InChI=1S/C13H14BNO5/c1-15-7-10(16)19-14(20-11(17)8-15)13-12(18-13)9-5-3-2-4-6-9/h2-6,12-13H,7-8H2,1H3/t12-,13-/m1/s1. The summed E-state index contributed by atoms with van der Waals surface area (Å²) in [6, 6.07) is 9.13. The summed E-state index contributed by atoms with van der Waals surface area (Å²) >= 11 is 0. The van der Waals surface area contributed by atoms with Gasteiger partial charge < -0.3 is 14.0 Å². The molecular formula is C13H14BNO5. The van der Waals surface area contributed by atoms with Gasteiger partial charge >= 0.3 is 19.1 Å². The van der Waals surface area contributed by atoms with E-state index in [0.717, 1.165) is 5.56 Å². The largest absolute Gasteiger partial charge is 0.632 e. The summed E-state index contributed by atoms with van der Waals surface area (Å²) in [7, 11) is 0.692. The molecule has 2 heterocycles. The molecule has 1 aromatic carbocycles. The lowest BCUT2D eigenvalue weighted by Gasteiger charge is -2.21. The van der Waals surface area contributed by atoms with Crippen molar-refractivity contribution in [1.82, 2.24) is 4.90 Å². The van der Waals surface area contributed by atoms with E-state index in [2.05, 4.69) is 0 Å². The summed E-state index contributed by atoms with van der Waals surface area (Å²) in [5, 5.41) is 0. The summed E-state index contributed by atoms with van der Waals surface area (Å²) < 4.78 is 15.8. The molecule has 104 valence electrons. The number of benzene rings is 1. The number of hydrogen-bond acceptors (Lipinski definition) is 6. The van der Waals surface area contributed by atoms with Crippen LogP contribution in [-0.4, -0.2) is 50.1 Å². The lowest BCUT2D eigenvalue weighted by Crippen LogP contribution is -2.45. The second-order valence-electron chi connectivity index (χ2n) is 4.95. The molecule has 0 aliphatic carbocycles. The van der Waals surface area contributed by atoms with Crippen LogP contribution in [-0.2, 0) is 23.6 Å². The molecule has 0 unspecified atom stereocenters. The van der Waals surface area contributed by atoms with E-state index in [0.29, 0.717) is 0 Å². The van der Waals surface area contributed by atoms with E-state index >= 15 is 0 Å². The molecule has 0 bridgehead atoms. The first-order valence-electron chi connectivity index (χ1n) is 6.41. The Hall–Kier alpha value is -1.86. The Kier molecular flexibility index (Phi) is 3.46. The average molecular weight is 275 g/mol. The van der Waals surface area contributed by atoms with Gasteiger partial charge in [-0.05, 0) is 12.6 Å². The van der Waals surface area contributed by atoms with Crippen molar-refractivity contribution >= 4 is 19.1 Å². The number of carbonyl (C=O) groups is 2. The maximum Gasteiger partial charge on any atom is 0.632 e. The normalized spacial score (nSPS) is 27.4. The zero-order valence-electron chi connectivity index (χ0n) is 11.0. The highest BCUT2D eigenvalue weighted by Gasteiger charge is 2.56. The topological polar surface area (TPSA) is 68.4 Å². The van der Waals surface area contributed by atoms with Crippen LogP contribution in [0.3, 0.4) is 0 Å². The van der Waals surface area contributed by atoms with E-state index in [1.807, 2.05) is 30.3 Å². The zero-order valence-corrected chi connectivity index (χ0v) is 11.0. The lowest BCUT2D eigenvalue weighted by atomic mass is 9.80. The van der Waals surface area contributed by atoms with Crippen LogP contribution in [0.5, 0.6) is 0 Å². The third kappa shape index (κ3) is 2.83. The van der Waals surface area contributed by atoms with E-state index in [4.69, 9.17) is 14.0 Å². The van der Waals surface area contributed by atoms with E-state index in [1.165, 1.54) is 0 Å². The van der Waals surface area contributed by atoms with Crippen LogP contribution in [0.4, 0.5) is 0 Å². The third-order valence-electron chi connectivity index (χ3n) is 3.22. The molecule has 0 N–H and O–H groups in total. The summed E-state index contributed by atoms with van der Waals surface area (Å²) in [6.45, 7) is 0.128. The van der Waals surface area contributed by atoms with Gasteiger partial charge in [0.25, 0.3) is 0 Å². The zero-order chi connectivity index (χ0) is 14.1. The first kappa shape index (κ1) is 13.1. The molecule has 0 amide bonds. The van der Waals surface area contributed by atoms with Gasteiger partial charge in [0.2, 0.25) is 0 Å². The highest BCUT2D eigenvalue weighted by molar-refractivity contribution is 6.51. The minimum absolute atomic E-state index is 0.0638. The van der Waals surface area contributed by atoms with E-state index in [-0.39, 0.29) is 19.2 Å². The molecule has 6 nitrogen and oxygen atoms in total. The number of ether oxygens (including phenoxy) is 1. The molecule has 2 atom stereocenters. The van der Waals surface area contributed by atoms with Crippen molar-refractivity contribution < 1.29 is 23.6 Å². The minimum atomic E-state index is -0.964. The molecule has 0 saturated carbocycles. The SMILES string of the molecule is CN1CC(=O)OB([C@@H]2O[C@@H]2c2ccccc2)OC(=O)C1. The van der Waals surface area contributed by atoms with Gasteiger partial charge in [-0.3, -0.25) is 14.5 Å². The van der Waals surface area contributed by atoms with Gasteiger partial charge in [0, 0.05) is 0 Å². The van der Waals surface area contributed by atoms with Crippen LogP contribution in [0.25, 0.3) is 0 Å². The maximum absolute atomic E-state index is 11.6. The second-order valence-corrected chi connectivity index (χ2v) is 4.95. The minimum Gasteiger partial charge on any atom is -0.496 e. The predicted octanol–water partition coefficient (Wildman–Crippen LogP) is 0.186. The van der Waals surface area contributed by atoms with Crippen LogP contribution in [0.2, 0.25) is 0 Å². The van der Waals surface area contributed by atoms with E-state index in [1.54, 1.807) is 11.9 Å². The molecule has 2 saturated heterocycles. The molecule has 0 spiro atoms. The van der Waals surface area contributed by atoms with Crippen LogP contribution >= 0.6 is 0 Å². The van der Waals surface area contributed by atoms with Crippen molar-refractivity contribution in [2.45, 2.75) is 12.1 Å². The molecule has 1 aromatic rings. The van der Waals surface area contributed by atoms with Gasteiger partial charge in [-0.25, -0.2) is 0 Å². The van der Waals surface area contributed by atoms with Gasteiger partial charge in [-0.15, -0.1) is 0 Å². The second kappa shape index (κ2) is 5.26. The Morgan fingerprint density at radius 1 is 1.10 bits per heavy atom. The third-order valence-corrected chi connectivity index (χ3v) is 3.22. The Bertz CT molecular complexity index is 503. The Morgan fingerprint density at radius 3 is 2.30 bits per heavy atom. The van der Waals surface area contributed by atoms with Crippen molar-refractivity contribution in [2.75, 3.05) is 20.1 Å². The van der Waals surface area contributed by atoms with Crippen molar-refractivity contribution in [3.05, 3.63) is 35.9 Å². The first-order chi connectivity index (χ1) is 9.63. The van der Waals surface area contributed by atoms with Gasteiger partial charge in [0.05, 0.1) is 13.1 Å². The van der Waals surface area contributed by atoms with Crippen LogP contribution in [0.1, 0.15) is 11.7 Å². The summed E-state index contributed by atoms with van der Waals surface area (Å²) in [6.07, 6.45) is -0.195. The lowest BCUT2D eigenvalue weighted by molar-refractivity contribution is -0.145. The van der Waals surface area contributed by atoms with Crippen molar-refractivity contribution in [2.24, 2.45) is 0 Å². The summed E-state index contributed by atoms with van der Waals surface area (Å²) in [5.41, 5.74) is 0.976. The molecule has 20 heavy (non-hydrogen) atoms. The van der Waals surface area contributed by atoms with Gasteiger partial charge in [0.15, 0.2) is 6.00 Å². The highest BCUT2D eigenvalue weighted by atomic mass is 16.7.